The Hall–Kier alpha value is -4.74. The van der Waals surface area contributed by atoms with Crippen molar-refractivity contribution >= 4 is 64.3 Å². The third-order valence-electron chi connectivity index (χ3n) is 9.32. The molecule has 15 nitrogen and oxygen atoms in total. The fraction of sp³-hybridized carbons (Fsp3) is 0.604. The quantitative estimate of drug-likeness (QED) is 0.0372. The number of ether oxygens (including phenoxy) is 3. The zero-order valence-corrected chi connectivity index (χ0v) is 42.0. The molecule has 0 aromatic heterocycles. The Morgan fingerprint density at radius 3 is 1.61 bits per heavy atom. The van der Waals surface area contributed by atoms with E-state index in [4.69, 9.17) is 14.2 Å². The molecule has 0 unspecified atom stereocenters. The molecule has 0 fully saturated rings. The lowest BCUT2D eigenvalue weighted by Crippen LogP contribution is -2.54. The summed E-state index contributed by atoms with van der Waals surface area (Å²) in [5.74, 6) is -3.27. The van der Waals surface area contributed by atoms with Gasteiger partial charge in [0.05, 0.1) is 0 Å². The first-order chi connectivity index (χ1) is 29.5. The van der Waals surface area contributed by atoms with Crippen molar-refractivity contribution in [2.75, 3.05) is 6.54 Å². The van der Waals surface area contributed by atoms with Crippen LogP contribution in [-0.2, 0) is 44.6 Å². The van der Waals surface area contributed by atoms with Crippen LogP contribution in [0.15, 0.2) is 54.6 Å². The topological polar surface area (TPSA) is 207 Å². The maximum absolute atomic E-state index is 13.9. The molecule has 2 aromatic rings. The van der Waals surface area contributed by atoms with Gasteiger partial charge in [-0.1, -0.05) is 51.1 Å². The highest BCUT2D eigenvalue weighted by atomic mass is 127. The van der Waals surface area contributed by atoms with Crippen LogP contribution >= 0.6 is 22.6 Å². The second-order valence-corrected chi connectivity index (χ2v) is 21.2. The van der Waals surface area contributed by atoms with E-state index in [1.165, 1.54) is 0 Å². The first kappa shape index (κ1) is 55.4. The van der Waals surface area contributed by atoms with Crippen LogP contribution in [0.1, 0.15) is 144 Å². The van der Waals surface area contributed by atoms with E-state index >= 15 is 0 Å². The van der Waals surface area contributed by atoms with E-state index in [0.717, 1.165) is 9.13 Å². The number of halogens is 1. The Morgan fingerprint density at radius 2 is 1.09 bits per heavy atom. The molecule has 0 radical (unpaired) electrons. The van der Waals surface area contributed by atoms with Crippen molar-refractivity contribution in [2.45, 2.75) is 175 Å². The predicted octanol–water partition coefficient (Wildman–Crippen LogP) is 7.07. The number of hydrogen-bond donors (Lipinski definition) is 5. The Kier molecular flexibility index (Phi) is 21.7. The van der Waals surface area contributed by atoms with Crippen LogP contribution in [0.25, 0.3) is 0 Å². The zero-order chi connectivity index (χ0) is 48.5. The molecule has 5 N–H and O–H groups in total. The summed E-state index contributed by atoms with van der Waals surface area (Å²) in [5.41, 5.74) is -1.52. The summed E-state index contributed by atoms with van der Waals surface area (Å²) in [5, 5.41) is 14.2. The van der Waals surface area contributed by atoms with Crippen LogP contribution in [-0.4, -0.2) is 89.2 Å². The third-order valence-corrected chi connectivity index (χ3v) is 10.0. The molecular weight excluding hydrogens is 933 g/mol. The molecule has 0 aliphatic heterocycles. The van der Waals surface area contributed by atoms with Crippen LogP contribution in [0, 0.1) is 8.99 Å². The average molecular weight is 1010 g/mol. The van der Waals surface area contributed by atoms with E-state index in [9.17, 15) is 33.6 Å². The molecule has 4 atom stereocenters. The van der Waals surface area contributed by atoms with Gasteiger partial charge in [0.2, 0.25) is 11.8 Å². The normalized spacial score (nSPS) is 13.8. The van der Waals surface area contributed by atoms with Crippen LogP contribution in [0.4, 0.5) is 4.79 Å². The number of esters is 3. The number of nitrogens with one attached hydrogen (secondary N) is 5. The van der Waals surface area contributed by atoms with Gasteiger partial charge in [0, 0.05) is 41.0 Å². The smallest absolute Gasteiger partial charge is 0.329 e. The van der Waals surface area contributed by atoms with Crippen molar-refractivity contribution in [3.8, 4) is 0 Å². The number of benzene rings is 2. The van der Waals surface area contributed by atoms with E-state index in [0.29, 0.717) is 24.8 Å². The Balaban J connectivity index is 2.14. The fourth-order valence-electron chi connectivity index (χ4n) is 6.26. The summed E-state index contributed by atoms with van der Waals surface area (Å²) >= 11 is 2.13. The molecule has 0 saturated heterocycles. The van der Waals surface area contributed by atoms with Crippen LogP contribution in [0.3, 0.4) is 0 Å². The Bertz CT molecular complexity index is 1860. The maximum atomic E-state index is 13.9. The number of unbranched alkanes of at least 4 members (excludes halogenated alkanes) is 1. The lowest BCUT2D eigenvalue weighted by molar-refractivity contribution is -0.159. The van der Waals surface area contributed by atoms with E-state index in [2.05, 4.69) is 49.2 Å². The van der Waals surface area contributed by atoms with E-state index in [1.807, 2.05) is 51.1 Å². The fourth-order valence-corrected chi connectivity index (χ4v) is 6.62. The predicted molar refractivity (Wildman–Crippen MR) is 254 cm³/mol. The highest BCUT2D eigenvalue weighted by molar-refractivity contribution is 14.1. The molecule has 2 aromatic carbocycles. The average Bonchev–Trinajstić information content (AvgIpc) is 3.15. The number of carbonyl (C=O) groups is 7. The summed E-state index contributed by atoms with van der Waals surface area (Å²) in [6.45, 7) is 21.8. The molecule has 5 amide bonds. The van der Waals surface area contributed by atoms with Crippen molar-refractivity contribution < 1.29 is 47.8 Å². The van der Waals surface area contributed by atoms with Gasteiger partial charge in [-0.15, -0.1) is 0 Å². The summed E-state index contributed by atoms with van der Waals surface area (Å²) in [6.07, 6.45) is 1.50. The zero-order valence-electron chi connectivity index (χ0n) is 39.8. The van der Waals surface area contributed by atoms with Crippen LogP contribution in [0.2, 0.25) is 0 Å². The highest BCUT2D eigenvalue weighted by Gasteiger charge is 2.32. The second kappa shape index (κ2) is 25.1. The molecular formula is C48H72IN5O10. The molecule has 0 aliphatic rings. The number of carbonyl (C=O) groups excluding carboxylic acids is 7. The largest absolute Gasteiger partial charge is 0.460 e. The van der Waals surface area contributed by atoms with Gasteiger partial charge < -0.3 is 40.8 Å². The first-order valence-corrected chi connectivity index (χ1v) is 23.0. The lowest BCUT2D eigenvalue weighted by atomic mass is 9.84. The minimum Gasteiger partial charge on any atom is -0.460 e. The molecule has 2 rings (SSSR count). The Labute approximate surface area is 393 Å². The van der Waals surface area contributed by atoms with Crippen molar-refractivity contribution in [3.63, 3.8) is 0 Å². The SMILES string of the molecule is CC(C)(C)OC(=O)CC[C@H](NC(=O)c1ccc(I)cc1)C(=O)N[C@@H](Cc1ccccc1)C(=O)NCCCC[C@H](NC(=O)N[C@@H](CCC(=O)OC(C)(C)C)C(=O)OC(C)(C)C)C(C)(C)C. The van der Waals surface area contributed by atoms with Crippen molar-refractivity contribution in [1.29, 1.82) is 0 Å². The van der Waals surface area contributed by atoms with E-state index in [1.54, 1.807) is 86.6 Å². The molecule has 0 heterocycles. The molecule has 0 bridgehead atoms. The van der Waals surface area contributed by atoms with Crippen molar-refractivity contribution in [1.82, 2.24) is 26.6 Å². The van der Waals surface area contributed by atoms with Crippen molar-refractivity contribution in [2.24, 2.45) is 5.41 Å². The highest BCUT2D eigenvalue weighted by Crippen LogP contribution is 2.24. The van der Waals surface area contributed by atoms with E-state index in [-0.39, 0.29) is 44.7 Å². The van der Waals surface area contributed by atoms with Crippen LogP contribution in [0.5, 0.6) is 0 Å². The molecule has 0 aliphatic carbocycles. The standard InChI is InChI=1S/C48H72IN5O10/c1-45(2,3)37(54-44(61)53-35(43(60)64-48(10,11)12)26-28-39(56)63-47(7,8)9)20-16-17-29-50-41(58)36(30-31-18-14-13-15-19-31)52-42(59)34(25-27-38(55)62-46(4,5)6)51-40(57)32-21-23-33(49)24-22-32/h13-15,18-19,21-24,34-37H,16-17,20,25-30H2,1-12H3,(H,50,58)(H,51,57)(H,52,59)(H2,53,54,61)/t34-,35-,36-,37-/m0/s1. The Morgan fingerprint density at radius 1 is 0.562 bits per heavy atom. The molecule has 0 spiro atoms. The first-order valence-electron chi connectivity index (χ1n) is 21.9. The monoisotopic (exact) mass is 1010 g/mol. The number of hydrogen-bond acceptors (Lipinski definition) is 10. The van der Waals surface area contributed by atoms with Gasteiger partial charge in [0.15, 0.2) is 0 Å². The minimum absolute atomic E-state index is 0.0164. The second-order valence-electron chi connectivity index (χ2n) is 19.9. The number of amides is 5. The number of urea groups is 1. The van der Waals surface area contributed by atoms with Crippen LogP contribution < -0.4 is 26.6 Å². The van der Waals surface area contributed by atoms with Gasteiger partial charge in [0.25, 0.3) is 5.91 Å². The molecule has 64 heavy (non-hydrogen) atoms. The van der Waals surface area contributed by atoms with Gasteiger partial charge >= 0.3 is 23.9 Å². The lowest BCUT2D eigenvalue weighted by Gasteiger charge is -2.32. The summed E-state index contributed by atoms with van der Waals surface area (Å²) < 4.78 is 17.3. The van der Waals surface area contributed by atoms with E-state index < -0.39 is 82.0 Å². The van der Waals surface area contributed by atoms with Gasteiger partial charge in [0.1, 0.15) is 34.9 Å². The van der Waals surface area contributed by atoms with Crippen molar-refractivity contribution in [3.05, 3.63) is 69.3 Å². The van der Waals surface area contributed by atoms with Gasteiger partial charge in [-0.3, -0.25) is 24.0 Å². The molecule has 16 heteroatoms. The molecule has 0 saturated carbocycles. The summed E-state index contributed by atoms with van der Waals surface area (Å²) in [4.78, 5) is 92.6. The third kappa shape index (κ3) is 23.3. The minimum atomic E-state index is -1.16. The maximum Gasteiger partial charge on any atom is 0.329 e. The summed E-state index contributed by atoms with van der Waals surface area (Å²) in [7, 11) is 0. The number of rotatable bonds is 21. The van der Waals surface area contributed by atoms with Gasteiger partial charge in [-0.05, 0) is 152 Å². The van der Waals surface area contributed by atoms with Gasteiger partial charge in [-0.25, -0.2) is 9.59 Å². The summed E-state index contributed by atoms with van der Waals surface area (Å²) in [6, 6.07) is 11.8. The van der Waals surface area contributed by atoms with Gasteiger partial charge in [-0.2, -0.15) is 0 Å². The molecule has 356 valence electrons.